The zero-order valence-corrected chi connectivity index (χ0v) is 10.8. The third-order valence-corrected chi connectivity index (χ3v) is 2.90. The molecule has 0 aliphatic heterocycles. The highest BCUT2D eigenvalue weighted by molar-refractivity contribution is 5.78. The van der Waals surface area contributed by atoms with Crippen LogP contribution in [0, 0.1) is 6.92 Å². The Hall–Kier alpha value is -2.12. The summed E-state index contributed by atoms with van der Waals surface area (Å²) in [5.41, 5.74) is 0.619. The minimum absolute atomic E-state index is 0.000566. The van der Waals surface area contributed by atoms with Gasteiger partial charge >= 0.3 is 12.1 Å². The summed E-state index contributed by atoms with van der Waals surface area (Å²) in [6.07, 6.45) is -3.36. The lowest BCUT2D eigenvalue weighted by molar-refractivity contribution is -0.151. The number of aromatic nitrogens is 3. The molecule has 2 rings (SSSR count). The number of carbonyl (C=O) groups is 1. The second kappa shape index (κ2) is 4.77. The molecule has 0 saturated carbocycles. The van der Waals surface area contributed by atoms with Crippen molar-refractivity contribution in [3.8, 4) is 0 Å². The topological polar surface area (TPSA) is 68.0 Å². The van der Waals surface area contributed by atoms with Crippen LogP contribution in [0.1, 0.15) is 30.8 Å². The molecule has 0 spiro atoms. The van der Waals surface area contributed by atoms with Gasteiger partial charge in [-0.25, -0.2) is 14.8 Å². The summed E-state index contributed by atoms with van der Waals surface area (Å²) >= 11 is 0. The van der Waals surface area contributed by atoms with Crippen LogP contribution < -0.4 is 0 Å². The van der Waals surface area contributed by atoms with Gasteiger partial charge in [-0.1, -0.05) is 6.92 Å². The molecule has 1 N–H and O–H groups in total. The van der Waals surface area contributed by atoms with Crippen LogP contribution in [0.3, 0.4) is 0 Å². The van der Waals surface area contributed by atoms with E-state index < -0.39 is 24.0 Å². The maximum Gasteiger partial charge on any atom is 0.449 e. The van der Waals surface area contributed by atoms with Crippen LogP contribution in [0.15, 0.2) is 12.3 Å². The average molecular weight is 287 g/mol. The lowest BCUT2D eigenvalue weighted by Crippen LogP contribution is -2.24. The third-order valence-electron chi connectivity index (χ3n) is 2.90. The highest BCUT2D eigenvalue weighted by atomic mass is 19.4. The van der Waals surface area contributed by atoms with Crippen molar-refractivity contribution < 1.29 is 23.1 Å². The summed E-state index contributed by atoms with van der Waals surface area (Å²) in [6.45, 7) is 3.17. The average Bonchev–Trinajstić information content (AvgIpc) is 2.68. The molecule has 2 aromatic heterocycles. The van der Waals surface area contributed by atoms with E-state index in [1.165, 1.54) is 19.2 Å². The normalized spacial score (nSPS) is 13.7. The number of hydrogen-bond acceptors (Lipinski definition) is 3. The monoisotopic (exact) mass is 287 g/mol. The molecule has 8 heteroatoms. The Kier molecular flexibility index (Phi) is 3.41. The molecular formula is C12H12F3N3O2. The van der Waals surface area contributed by atoms with Crippen LogP contribution in [-0.4, -0.2) is 25.6 Å². The standard InChI is InChI=1S/C12H12F3N3O2/c1-3-8(10(19)20)18-9-7(4-6(2)5-16-9)17-11(18)12(13,14)15/h4-5,8H,3H2,1-2H3,(H,19,20). The van der Waals surface area contributed by atoms with Crippen molar-refractivity contribution in [3.63, 3.8) is 0 Å². The molecule has 2 heterocycles. The fourth-order valence-corrected chi connectivity index (χ4v) is 2.05. The summed E-state index contributed by atoms with van der Waals surface area (Å²) in [5, 5.41) is 9.11. The molecule has 108 valence electrons. The van der Waals surface area contributed by atoms with E-state index in [-0.39, 0.29) is 17.6 Å². The predicted octanol–water partition coefficient (Wildman–Crippen LogP) is 2.79. The van der Waals surface area contributed by atoms with E-state index >= 15 is 0 Å². The van der Waals surface area contributed by atoms with Gasteiger partial charge in [0.15, 0.2) is 5.65 Å². The number of pyridine rings is 1. The Morgan fingerprint density at radius 2 is 2.15 bits per heavy atom. The first-order chi connectivity index (χ1) is 9.25. The Labute approximate surface area is 112 Å². The van der Waals surface area contributed by atoms with Crippen LogP contribution in [0.4, 0.5) is 13.2 Å². The van der Waals surface area contributed by atoms with E-state index in [0.717, 1.165) is 0 Å². The van der Waals surface area contributed by atoms with Crippen LogP contribution in [-0.2, 0) is 11.0 Å². The van der Waals surface area contributed by atoms with E-state index in [0.29, 0.717) is 10.1 Å². The number of rotatable bonds is 3. The lowest BCUT2D eigenvalue weighted by Gasteiger charge is -2.16. The fraction of sp³-hybridized carbons (Fsp3) is 0.417. The number of aryl methyl sites for hydroxylation is 1. The van der Waals surface area contributed by atoms with Crippen LogP contribution in [0.2, 0.25) is 0 Å². The number of halogens is 3. The van der Waals surface area contributed by atoms with Crippen LogP contribution in [0.5, 0.6) is 0 Å². The number of imidazole rings is 1. The molecule has 0 amide bonds. The summed E-state index contributed by atoms with van der Waals surface area (Å²) in [4.78, 5) is 18.6. The van der Waals surface area contributed by atoms with Gasteiger partial charge in [-0.2, -0.15) is 13.2 Å². The number of nitrogens with zero attached hydrogens (tertiary/aromatic N) is 3. The van der Waals surface area contributed by atoms with Gasteiger partial charge in [-0.3, -0.25) is 4.57 Å². The van der Waals surface area contributed by atoms with Gasteiger partial charge in [0.2, 0.25) is 5.82 Å². The van der Waals surface area contributed by atoms with E-state index in [4.69, 9.17) is 5.11 Å². The minimum Gasteiger partial charge on any atom is -0.480 e. The Morgan fingerprint density at radius 3 is 2.65 bits per heavy atom. The van der Waals surface area contributed by atoms with Crippen molar-refractivity contribution in [1.29, 1.82) is 0 Å². The molecular weight excluding hydrogens is 275 g/mol. The van der Waals surface area contributed by atoms with E-state index in [9.17, 15) is 18.0 Å². The quantitative estimate of drug-likeness (QED) is 0.942. The highest BCUT2D eigenvalue weighted by Gasteiger charge is 2.40. The predicted molar refractivity (Wildman–Crippen MR) is 64.2 cm³/mol. The molecule has 0 saturated heterocycles. The zero-order chi connectivity index (χ0) is 15.1. The van der Waals surface area contributed by atoms with Gasteiger partial charge < -0.3 is 5.11 Å². The number of hydrogen-bond donors (Lipinski definition) is 1. The maximum atomic E-state index is 13.0. The summed E-state index contributed by atoms with van der Waals surface area (Å²) in [6, 6.07) is 0.0923. The van der Waals surface area contributed by atoms with E-state index in [1.807, 2.05) is 0 Å². The Balaban J connectivity index is 2.80. The maximum absolute atomic E-state index is 13.0. The summed E-state index contributed by atoms with van der Waals surface area (Å²) < 4.78 is 39.8. The number of alkyl halides is 3. The molecule has 2 aromatic rings. The third kappa shape index (κ3) is 2.33. The minimum atomic E-state index is -4.74. The van der Waals surface area contributed by atoms with Gasteiger partial charge in [0, 0.05) is 6.20 Å². The molecule has 0 fully saturated rings. The molecule has 0 bridgehead atoms. The van der Waals surface area contributed by atoms with Crippen LogP contribution in [0.25, 0.3) is 11.2 Å². The largest absolute Gasteiger partial charge is 0.480 e. The van der Waals surface area contributed by atoms with E-state index in [2.05, 4.69) is 9.97 Å². The van der Waals surface area contributed by atoms with Gasteiger partial charge in [-0.05, 0) is 25.0 Å². The molecule has 0 radical (unpaired) electrons. The number of fused-ring (bicyclic) bond motifs is 1. The number of carboxylic acid groups (broad SMARTS) is 1. The van der Waals surface area contributed by atoms with Crippen molar-refractivity contribution >= 4 is 17.1 Å². The van der Waals surface area contributed by atoms with Crippen molar-refractivity contribution in [2.45, 2.75) is 32.5 Å². The number of aliphatic carboxylic acids is 1. The second-order valence-corrected chi connectivity index (χ2v) is 4.42. The molecule has 5 nitrogen and oxygen atoms in total. The molecule has 0 aromatic carbocycles. The van der Waals surface area contributed by atoms with Crippen molar-refractivity contribution in [2.24, 2.45) is 0 Å². The zero-order valence-electron chi connectivity index (χ0n) is 10.8. The van der Waals surface area contributed by atoms with Gasteiger partial charge in [-0.15, -0.1) is 0 Å². The molecule has 0 aliphatic rings. The Morgan fingerprint density at radius 1 is 1.50 bits per heavy atom. The fourth-order valence-electron chi connectivity index (χ4n) is 2.05. The first-order valence-electron chi connectivity index (χ1n) is 5.90. The van der Waals surface area contributed by atoms with Crippen molar-refractivity contribution in [1.82, 2.24) is 14.5 Å². The first kappa shape index (κ1) is 14.3. The van der Waals surface area contributed by atoms with Gasteiger partial charge in [0.1, 0.15) is 11.6 Å². The first-order valence-corrected chi connectivity index (χ1v) is 5.90. The van der Waals surface area contributed by atoms with Gasteiger partial charge in [0.25, 0.3) is 0 Å². The van der Waals surface area contributed by atoms with Crippen LogP contribution >= 0.6 is 0 Å². The molecule has 1 atom stereocenters. The number of carboxylic acids is 1. The highest BCUT2D eigenvalue weighted by Crippen LogP contribution is 2.34. The van der Waals surface area contributed by atoms with Crippen molar-refractivity contribution in [2.75, 3.05) is 0 Å². The lowest BCUT2D eigenvalue weighted by atomic mass is 10.2. The summed E-state index contributed by atoms with van der Waals surface area (Å²) in [7, 11) is 0. The second-order valence-electron chi connectivity index (χ2n) is 4.42. The Bertz CT molecular complexity index is 664. The van der Waals surface area contributed by atoms with Gasteiger partial charge in [0.05, 0.1) is 0 Å². The SMILES string of the molecule is CCC(C(=O)O)n1c(C(F)(F)F)nc2cc(C)cnc21. The molecule has 0 aliphatic carbocycles. The molecule has 1 unspecified atom stereocenters. The summed E-state index contributed by atoms with van der Waals surface area (Å²) in [5.74, 6) is -2.58. The van der Waals surface area contributed by atoms with E-state index in [1.54, 1.807) is 6.92 Å². The van der Waals surface area contributed by atoms with Crippen molar-refractivity contribution in [3.05, 3.63) is 23.7 Å². The molecule has 20 heavy (non-hydrogen) atoms. The smallest absolute Gasteiger partial charge is 0.449 e.